The average Bonchev–Trinajstić information content (AvgIpc) is 3.10. The summed E-state index contributed by atoms with van der Waals surface area (Å²) >= 11 is 0. The molecule has 4 aliphatic rings. The number of aromatic nitrogens is 2. The molecule has 2 saturated heterocycles. The lowest BCUT2D eigenvalue weighted by atomic mass is 9.62. The molecule has 4 heterocycles. The molecule has 2 aliphatic carbocycles. The Kier molecular flexibility index (Phi) is 12.7. The number of primary amides is 2. The number of carbonyl (C=O) groups is 2. The van der Waals surface area contributed by atoms with Crippen molar-refractivity contribution in [3.63, 3.8) is 0 Å². The van der Waals surface area contributed by atoms with Gasteiger partial charge < -0.3 is 20.9 Å². The van der Waals surface area contributed by atoms with Crippen LogP contribution in [0.5, 0.6) is 0 Å². The number of nitrogens with zero attached hydrogens (tertiary/aromatic N) is 4. The van der Waals surface area contributed by atoms with E-state index < -0.39 is 11.8 Å². The molecule has 4 fully saturated rings. The molecule has 0 radical (unpaired) electrons. The van der Waals surface area contributed by atoms with Gasteiger partial charge in [0, 0.05) is 88.5 Å². The Hall–Kier alpha value is -2.92. The summed E-state index contributed by atoms with van der Waals surface area (Å²) in [6, 6.07) is 8.94. The fraction of sp³-hybridized carbons (Fsp3) is 0.700. The maximum absolute atomic E-state index is 11.6. The maximum Gasteiger partial charge on any atom is 0.267 e. The highest BCUT2D eigenvalue weighted by Crippen LogP contribution is 2.53. The van der Waals surface area contributed by atoms with Gasteiger partial charge in [-0.05, 0) is 87.8 Å². The number of ether oxygens (including phenoxy) is 2. The number of likely N-dealkylation sites (tertiary alicyclic amines) is 2. The van der Waals surface area contributed by atoms with E-state index >= 15 is 0 Å². The number of fused-ring (bicyclic) bond motifs is 4. The Labute approximate surface area is 300 Å². The smallest absolute Gasteiger partial charge is 0.267 e. The molecule has 4 N–H and O–H groups in total. The minimum atomic E-state index is -0.479. The van der Waals surface area contributed by atoms with Crippen LogP contribution in [-0.2, 0) is 20.7 Å². The lowest BCUT2D eigenvalue weighted by molar-refractivity contribution is -0.173. The first-order valence-corrected chi connectivity index (χ1v) is 19.2. The molecule has 6 atom stereocenters. The SMILES string of the molecule is CCC[C@@H](C)N1CC2CCCC(C1)C2(OC)c1ccnc(C(N)=O)c1.CCC[C@H](C)N1CC2CCCC(C1)C2(OC)c1ccnc(C(N)=O)c1. The number of amides is 2. The fourth-order valence-corrected chi connectivity index (χ4v) is 10.3. The second-order valence-corrected chi connectivity index (χ2v) is 15.4. The number of methoxy groups -OCH3 is 2. The quantitative estimate of drug-likeness (QED) is 0.282. The average molecular weight is 691 g/mol. The molecular formula is C40H62N6O4. The Bertz CT molecular complexity index is 1320. The molecule has 50 heavy (non-hydrogen) atoms. The van der Waals surface area contributed by atoms with Crippen LogP contribution in [0.3, 0.4) is 0 Å². The zero-order chi connectivity index (χ0) is 36.1. The molecule has 2 aromatic rings. The molecule has 6 rings (SSSR count). The highest BCUT2D eigenvalue weighted by atomic mass is 16.5. The van der Waals surface area contributed by atoms with Gasteiger partial charge in [-0.15, -0.1) is 0 Å². The highest BCUT2D eigenvalue weighted by Gasteiger charge is 2.55. The largest absolute Gasteiger partial charge is 0.373 e. The predicted octanol–water partition coefficient (Wildman–Crippen LogP) is 5.89. The third-order valence-corrected chi connectivity index (χ3v) is 12.7. The van der Waals surface area contributed by atoms with E-state index in [2.05, 4.69) is 47.5 Å². The number of hydrogen-bond acceptors (Lipinski definition) is 8. The highest BCUT2D eigenvalue weighted by molar-refractivity contribution is 5.91. The monoisotopic (exact) mass is 690 g/mol. The van der Waals surface area contributed by atoms with E-state index in [9.17, 15) is 9.59 Å². The number of piperidine rings is 2. The zero-order valence-corrected chi connectivity index (χ0v) is 31.4. The van der Waals surface area contributed by atoms with Crippen LogP contribution in [0.15, 0.2) is 36.7 Å². The Balaban J connectivity index is 0.000000194. The molecule has 2 aliphatic heterocycles. The van der Waals surface area contributed by atoms with Crippen LogP contribution in [-0.4, -0.2) is 84.1 Å². The lowest BCUT2D eigenvalue weighted by Gasteiger charge is -2.56. The summed E-state index contributed by atoms with van der Waals surface area (Å²) in [5.74, 6) is 0.791. The van der Waals surface area contributed by atoms with E-state index in [-0.39, 0.29) is 11.2 Å². The van der Waals surface area contributed by atoms with E-state index in [4.69, 9.17) is 20.9 Å². The minimum absolute atomic E-state index is 0.326. The van der Waals surface area contributed by atoms with Gasteiger partial charge >= 0.3 is 0 Å². The van der Waals surface area contributed by atoms with Crippen molar-refractivity contribution in [1.29, 1.82) is 0 Å². The van der Waals surface area contributed by atoms with Crippen molar-refractivity contribution in [2.24, 2.45) is 35.1 Å². The lowest BCUT2D eigenvalue weighted by Crippen LogP contribution is -2.60. The molecule has 4 bridgehead atoms. The summed E-state index contributed by atoms with van der Waals surface area (Å²) in [4.78, 5) is 36.7. The van der Waals surface area contributed by atoms with Crippen LogP contribution >= 0.6 is 0 Å². The van der Waals surface area contributed by atoms with Gasteiger partial charge in [0.2, 0.25) is 0 Å². The second kappa shape index (κ2) is 16.6. The Morgan fingerprint density at radius 2 is 1.06 bits per heavy atom. The molecule has 2 aromatic heterocycles. The van der Waals surface area contributed by atoms with E-state index in [1.165, 1.54) is 38.5 Å². The molecule has 276 valence electrons. The molecule has 2 amide bonds. The van der Waals surface area contributed by atoms with Gasteiger partial charge in [0.15, 0.2) is 0 Å². The molecule has 10 heteroatoms. The minimum Gasteiger partial charge on any atom is -0.373 e. The normalized spacial score (nSPS) is 30.8. The summed E-state index contributed by atoms with van der Waals surface area (Å²) in [5, 5.41) is 0. The van der Waals surface area contributed by atoms with Gasteiger partial charge in [-0.1, -0.05) is 39.5 Å². The first kappa shape index (κ1) is 38.3. The third-order valence-electron chi connectivity index (χ3n) is 12.7. The van der Waals surface area contributed by atoms with Crippen molar-refractivity contribution in [3.05, 3.63) is 59.2 Å². The number of hydrogen-bond donors (Lipinski definition) is 2. The van der Waals surface area contributed by atoms with Gasteiger partial charge in [-0.2, -0.15) is 0 Å². The van der Waals surface area contributed by atoms with E-state index in [1.54, 1.807) is 12.4 Å². The Morgan fingerprint density at radius 1 is 0.720 bits per heavy atom. The summed E-state index contributed by atoms with van der Waals surface area (Å²) < 4.78 is 12.5. The summed E-state index contributed by atoms with van der Waals surface area (Å²) in [7, 11) is 3.64. The molecule has 0 spiro atoms. The number of nitrogens with two attached hydrogens (primary N) is 2. The molecule has 0 aromatic carbocycles. The number of pyridine rings is 2. The number of rotatable bonds is 12. The van der Waals surface area contributed by atoms with Crippen molar-refractivity contribution < 1.29 is 19.1 Å². The van der Waals surface area contributed by atoms with E-state index in [0.29, 0.717) is 47.1 Å². The first-order valence-electron chi connectivity index (χ1n) is 19.2. The van der Waals surface area contributed by atoms with Gasteiger partial charge in [0.1, 0.15) is 22.6 Å². The van der Waals surface area contributed by atoms with Gasteiger partial charge in [0.25, 0.3) is 11.8 Å². The van der Waals surface area contributed by atoms with Crippen molar-refractivity contribution >= 4 is 11.8 Å². The van der Waals surface area contributed by atoms with Crippen LogP contribution in [0.1, 0.15) is 124 Å². The van der Waals surface area contributed by atoms with Crippen molar-refractivity contribution in [2.75, 3.05) is 40.4 Å². The van der Waals surface area contributed by atoms with Crippen molar-refractivity contribution in [3.8, 4) is 0 Å². The standard InChI is InChI=1S/2C20H31N3O2/c2*1-4-6-14(2)23-12-16-7-5-8-17(13-23)20(16,25-3)15-9-10-22-18(11-15)19(21)24/h2*9-11,14,16-17H,4-8,12-13H2,1-3H3,(H2,21,24)/t2*14-,16?,17?,20?/m10/s1. The van der Waals surface area contributed by atoms with Gasteiger partial charge in [-0.3, -0.25) is 29.4 Å². The van der Waals surface area contributed by atoms with Crippen LogP contribution < -0.4 is 11.5 Å². The summed E-state index contributed by atoms with van der Waals surface area (Å²) in [6.45, 7) is 13.4. The molecule has 4 unspecified atom stereocenters. The van der Waals surface area contributed by atoms with Crippen LogP contribution in [0, 0.1) is 23.7 Å². The summed E-state index contributed by atoms with van der Waals surface area (Å²) in [6.07, 6.45) is 15.4. The first-order chi connectivity index (χ1) is 24.0. The van der Waals surface area contributed by atoms with Crippen LogP contribution in [0.4, 0.5) is 0 Å². The van der Waals surface area contributed by atoms with Crippen molar-refractivity contribution in [2.45, 2.75) is 115 Å². The second-order valence-electron chi connectivity index (χ2n) is 15.4. The van der Waals surface area contributed by atoms with Gasteiger partial charge in [-0.25, -0.2) is 0 Å². The Morgan fingerprint density at radius 3 is 1.34 bits per heavy atom. The number of carbonyl (C=O) groups excluding carboxylic acids is 2. The van der Waals surface area contributed by atoms with Gasteiger partial charge in [0.05, 0.1) is 0 Å². The predicted molar refractivity (Wildman–Crippen MR) is 196 cm³/mol. The van der Waals surface area contributed by atoms with E-state index in [1.807, 2.05) is 38.5 Å². The molecule has 2 saturated carbocycles. The van der Waals surface area contributed by atoms with E-state index in [0.717, 1.165) is 63.0 Å². The van der Waals surface area contributed by atoms with Crippen LogP contribution in [0.2, 0.25) is 0 Å². The molecule has 10 nitrogen and oxygen atoms in total. The fourth-order valence-electron chi connectivity index (χ4n) is 10.3. The van der Waals surface area contributed by atoms with Crippen molar-refractivity contribution in [1.82, 2.24) is 19.8 Å². The topological polar surface area (TPSA) is 137 Å². The third kappa shape index (κ3) is 7.36. The maximum atomic E-state index is 11.6. The van der Waals surface area contributed by atoms with Crippen LogP contribution in [0.25, 0.3) is 0 Å². The molecular weight excluding hydrogens is 628 g/mol. The zero-order valence-electron chi connectivity index (χ0n) is 31.4. The summed E-state index contributed by atoms with van der Waals surface area (Å²) in [5.41, 5.74) is 13.1.